The van der Waals surface area contributed by atoms with Gasteiger partial charge in [0.15, 0.2) is 0 Å². The largest absolute Gasteiger partial charge is 0.520 e. The molecule has 0 aromatic heterocycles. The molecule has 0 aliphatic rings. The number of benzene rings is 1. The van der Waals surface area contributed by atoms with Crippen molar-refractivity contribution >= 4 is 8.32 Å². The van der Waals surface area contributed by atoms with Gasteiger partial charge < -0.3 is 13.9 Å². The van der Waals surface area contributed by atoms with Crippen LogP contribution in [0.4, 0.5) is 0 Å². The van der Waals surface area contributed by atoms with Gasteiger partial charge in [-0.1, -0.05) is 18.2 Å². The van der Waals surface area contributed by atoms with Crippen molar-refractivity contribution < 1.29 is 13.9 Å². The van der Waals surface area contributed by atoms with E-state index in [-0.39, 0.29) is 0 Å². The van der Waals surface area contributed by atoms with Crippen molar-refractivity contribution in [3.8, 4) is 5.75 Å². The molecule has 0 spiro atoms. The molecular weight excluding hydrogens is 232 g/mol. The topological polar surface area (TPSA) is 27.7 Å². The van der Waals surface area contributed by atoms with Crippen LogP contribution < -0.4 is 4.74 Å². The lowest BCUT2D eigenvalue weighted by molar-refractivity contribution is 0.0928. The minimum atomic E-state index is -1.64. The van der Waals surface area contributed by atoms with E-state index in [9.17, 15) is 0 Å². The molecule has 4 heteroatoms. The van der Waals surface area contributed by atoms with Gasteiger partial charge in [0.1, 0.15) is 12.4 Å². The monoisotopic (exact) mass is 252 g/mol. The zero-order valence-electron chi connectivity index (χ0n) is 10.9. The number of para-hydroxylation sites is 1. The predicted molar refractivity (Wildman–Crippen MR) is 71.4 cm³/mol. The van der Waals surface area contributed by atoms with Crippen LogP contribution >= 0.6 is 0 Å². The van der Waals surface area contributed by atoms with Gasteiger partial charge in [-0.2, -0.15) is 0 Å². The first-order valence-electron chi connectivity index (χ1n) is 5.55. The Morgan fingerprint density at radius 3 is 2.47 bits per heavy atom. The number of rotatable bonds is 6. The molecule has 0 atom stereocenters. The average Bonchev–Trinajstić information content (AvgIpc) is 2.24. The Labute approximate surface area is 104 Å². The highest BCUT2D eigenvalue weighted by atomic mass is 28.4. The van der Waals surface area contributed by atoms with Gasteiger partial charge in [-0.3, -0.25) is 0 Å². The number of ether oxygens (including phenoxy) is 2. The third kappa shape index (κ3) is 4.95. The third-order valence-electron chi connectivity index (χ3n) is 2.00. The zero-order chi connectivity index (χ0) is 12.9. The van der Waals surface area contributed by atoms with Crippen molar-refractivity contribution in [3.63, 3.8) is 0 Å². The van der Waals surface area contributed by atoms with Crippen LogP contribution in [0, 0.1) is 0 Å². The van der Waals surface area contributed by atoms with Crippen LogP contribution in [0.15, 0.2) is 36.8 Å². The Morgan fingerprint density at radius 1 is 1.24 bits per heavy atom. The molecule has 17 heavy (non-hydrogen) atoms. The summed E-state index contributed by atoms with van der Waals surface area (Å²) in [5.41, 5.74) is 0.982. The van der Waals surface area contributed by atoms with E-state index in [0.29, 0.717) is 12.6 Å². The third-order valence-corrected chi connectivity index (χ3v) is 2.84. The molecule has 0 heterocycles. The van der Waals surface area contributed by atoms with Crippen LogP contribution in [-0.2, 0) is 15.8 Å². The molecule has 0 fully saturated rings. The number of hydrogen-bond donors (Lipinski definition) is 0. The van der Waals surface area contributed by atoms with Gasteiger partial charge in [0, 0.05) is 5.56 Å². The predicted octanol–water partition coefficient (Wildman–Crippen LogP) is 3.53. The van der Waals surface area contributed by atoms with Crippen LogP contribution in [0.25, 0.3) is 0 Å². The van der Waals surface area contributed by atoms with Gasteiger partial charge in [0.05, 0.1) is 7.11 Å². The van der Waals surface area contributed by atoms with Crippen LogP contribution in [-0.4, -0.2) is 15.4 Å². The molecule has 0 N–H and O–H groups in total. The van der Waals surface area contributed by atoms with E-state index in [1.807, 2.05) is 24.3 Å². The summed E-state index contributed by atoms with van der Waals surface area (Å²) in [5.74, 6) is 1.20. The molecule has 0 saturated carbocycles. The molecular formula is C13H20O3Si. The fourth-order valence-electron chi connectivity index (χ4n) is 1.35. The Bertz CT molecular complexity index is 382. The Hall–Kier alpha value is -1.42. The van der Waals surface area contributed by atoms with Crippen LogP contribution in [0.3, 0.4) is 0 Å². The minimum Gasteiger partial charge on any atom is -0.520 e. The summed E-state index contributed by atoms with van der Waals surface area (Å²) in [4.78, 5) is 0. The molecule has 3 nitrogen and oxygen atoms in total. The van der Waals surface area contributed by atoms with Gasteiger partial charge in [-0.25, -0.2) is 0 Å². The molecule has 0 bridgehead atoms. The summed E-state index contributed by atoms with van der Waals surface area (Å²) in [6, 6.07) is 7.74. The van der Waals surface area contributed by atoms with Gasteiger partial charge in [0.25, 0.3) is 5.95 Å². The van der Waals surface area contributed by atoms with Crippen LogP contribution in [0.2, 0.25) is 19.6 Å². The quantitative estimate of drug-likeness (QED) is 0.572. The molecule has 0 saturated heterocycles. The summed E-state index contributed by atoms with van der Waals surface area (Å²) in [6.45, 7) is 10.4. The van der Waals surface area contributed by atoms with Crippen molar-refractivity contribution in [2.45, 2.75) is 26.2 Å². The lowest BCUT2D eigenvalue weighted by Gasteiger charge is -2.21. The molecule has 1 aromatic carbocycles. The molecule has 1 aromatic rings. The van der Waals surface area contributed by atoms with E-state index >= 15 is 0 Å². The summed E-state index contributed by atoms with van der Waals surface area (Å²) in [7, 11) is 0.00890. The summed E-state index contributed by atoms with van der Waals surface area (Å²) >= 11 is 0. The lowest BCUT2D eigenvalue weighted by atomic mass is 10.2. The number of methoxy groups -OCH3 is 1. The first kappa shape index (κ1) is 13.6. The van der Waals surface area contributed by atoms with Gasteiger partial charge >= 0.3 is 0 Å². The van der Waals surface area contributed by atoms with Crippen molar-refractivity contribution in [3.05, 3.63) is 42.4 Å². The Balaban J connectivity index is 2.53. The molecule has 0 aliphatic heterocycles. The van der Waals surface area contributed by atoms with Gasteiger partial charge in [-0.05, 0) is 32.3 Å². The van der Waals surface area contributed by atoms with Gasteiger partial charge in [0.2, 0.25) is 8.32 Å². The normalized spacial score (nSPS) is 10.8. The van der Waals surface area contributed by atoms with E-state index in [0.717, 1.165) is 11.3 Å². The van der Waals surface area contributed by atoms with E-state index in [1.54, 1.807) is 7.11 Å². The second-order valence-corrected chi connectivity index (χ2v) is 9.12. The summed E-state index contributed by atoms with van der Waals surface area (Å²) < 4.78 is 16.3. The second kappa shape index (κ2) is 5.77. The van der Waals surface area contributed by atoms with Crippen molar-refractivity contribution in [2.75, 3.05) is 7.11 Å². The van der Waals surface area contributed by atoms with E-state index < -0.39 is 8.32 Å². The van der Waals surface area contributed by atoms with Crippen molar-refractivity contribution in [1.82, 2.24) is 0 Å². The van der Waals surface area contributed by atoms with Crippen LogP contribution in [0.1, 0.15) is 5.56 Å². The second-order valence-electron chi connectivity index (χ2n) is 4.69. The molecule has 1 rings (SSSR count). The lowest BCUT2D eigenvalue weighted by Crippen LogP contribution is -2.25. The maximum absolute atomic E-state index is 5.61. The molecule has 0 radical (unpaired) electrons. The summed E-state index contributed by atoms with van der Waals surface area (Å²) in [5, 5.41) is 0. The first-order valence-corrected chi connectivity index (χ1v) is 8.96. The molecule has 94 valence electrons. The highest BCUT2D eigenvalue weighted by molar-refractivity contribution is 6.69. The SMILES string of the molecule is C=C(OCc1ccccc1OC)O[Si](C)(C)C. The highest BCUT2D eigenvalue weighted by Crippen LogP contribution is 2.20. The van der Waals surface area contributed by atoms with E-state index in [1.165, 1.54) is 0 Å². The summed E-state index contributed by atoms with van der Waals surface area (Å²) in [6.07, 6.45) is 0. The fraction of sp³-hybridized carbons (Fsp3) is 0.385. The molecule has 0 amide bonds. The maximum atomic E-state index is 5.61. The van der Waals surface area contributed by atoms with Gasteiger partial charge in [-0.15, -0.1) is 0 Å². The number of hydrogen-bond acceptors (Lipinski definition) is 3. The fourth-order valence-corrected chi connectivity index (χ4v) is 2.09. The Morgan fingerprint density at radius 2 is 1.88 bits per heavy atom. The minimum absolute atomic E-state index is 0.384. The maximum Gasteiger partial charge on any atom is 0.258 e. The smallest absolute Gasteiger partial charge is 0.258 e. The van der Waals surface area contributed by atoms with E-state index in [2.05, 4.69) is 26.2 Å². The van der Waals surface area contributed by atoms with Crippen molar-refractivity contribution in [2.24, 2.45) is 0 Å². The average molecular weight is 252 g/mol. The molecule has 0 unspecified atom stereocenters. The van der Waals surface area contributed by atoms with Crippen LogP contribution in [0.5, 0.6) is 5.75 Å². The molecule has 0 aliphatic carbocycles. The van der Waals surface area contributed by atoms with Crippen molar-refractivity contribution in [1.29, 1.82) is 0 Å². The highest BCUT2D eigenvalue weighted by Gasteiger charge is 2.17. The standard InChI is InChI=1S/C13H20O3Si/c1-11(16-17(3,4)5)15-10-12-8-6-7-9-13(12)14-2/h6-9H,1,10H2,2-5H3. The Kier molecular flexibility index (Phi) is 4.63. The zero-order valence-corrected chi connectivity index (χ0v) is 11.9. The van der Waals surface area contributed by atoms with E-state index in [4.69, 9.17) is 13.9 Å². The first-order chi connectivity index (χ1) is 7.92.